The second-order valence-corrected chi connectivity index (χ2v) is 11.4. The van der Waals surface area contributed by atoms with E-state index in [9.17, 15) is 22.0 Å². The van der Waals surface area contributed by atoms with Crippen LogP contribution >= 0.6 is 0 Å². The molecular weight excluding hydrogens is 530 g/mol. The summed E-state index contributed by atoms with van der Waals surface area (Å²) >= 11 is 0. The number of piperidine rings is 1. The summed E-state index contributed by atoms with van der Waals surface area (Å²) in [6.45, 7) is 4.25. The molecule has 2 aliphatic rings. The van der Waals surface area contributed by atoms with Crippen molar-refractivity contribution in [3.05, 3.63) is 65.3 Å². The Bertz CT molecular complexity index is 1460. The van der Waals surface area contributed by atoms with Gasteiger partial charge in [0.05, 0.1) is 0 Å². The molecule has 4 heterocycles. The minimum atomic E-state index is -3.99. The molecule has 0 N–H and O–H groups in total. The summed E-state index contributed by atoms with van der Waals surface area (Å²) in [5, 5.41) is 3.80. The molecule has 5 rings (SSSR count). The van der Waals surface area contributed by atoms with Crippen LogP contribution in [0.5, 0.6) is 0 Å². The lowest BCUT2D eigenvalue weighted by molar-refractivity contribution is -0.137. The number of hydrogen-bond acceptors (Lipinski definition) is 8. The lowest BCUT2D eigenvalue weighted by Crippen LogP contribution is -2.52. The fourth-order valence-corrected chi connectivity index (χ4v) is 6.63. The smallest absolute Gasteiger partial charge is 0.248 e. The van der Waals surface area contributed by atoms with Crippen LogP contribution < -0.4 is 4.90 Å². The molecule has 0 atom stereocenters. The Labute approximate surface area is 225 Å². The molecule has 0 radical (unpaired) electrons. The Hall–Kier alpha value is -3.71. The third-order valence-electron chi connectivity index (χ3n) is 7.04. The Morgan fingerprint density at radius 2 is 1.72 bits per heavy atom. The highest BCUT2D eigenvalue weighted by Gasteiger charge is 2.37. The van der Waals surface area contributed by atoms with Crippen LogP contribution in [0.3, 0.4) is 0 Å². The molecule has 0 unspecified atom stereocenters. The number of amides is 1. The van der Waals surface area contributed by atoms with E-state index in [1.54, 1.807) is 18.5 Å². The van der Waals surface area contributed by atoms with Crippen LogP contribution in [0.1, 0.15) is 29.9 Å². The van der Waals surface area contributed by atoms with Crippen LogP contribution in [0.25, 0.3) is 12.2 Å². The number of carbonyl (C=O) groups excluding carboxylic acids is 1. The van der Waals surface area contributed by atoms with Crippen LogP contribution in [0, 0.1) is 24.5 Å². The number of benzene rings is 1. The number of rotatable bonds is 6. The zero-order valence-corrected chi connectivity index (χ0v) is 22.1. The predicted octanol–water partition coefficient (Wildman–Crippen LogP) is 2.97. The van der Waals surface area contributed by atoms with Crippen LogP contribution in [0.15, 0.2) is 46.1 Å². The van der Waals surface area contributed by atoms with Gasteiger partial charge >= 0.3 is 0 Å². The molecular formula is C26H28F2N6O4S. The van der Waals surface area contributed by atoms with Gasteiger partial charge in [0.15, 0.2) is 10.7 Å². The van der Waals surface area contributed by atoms with Crippen molar-refractivity contribution in [1.82, 2.24) is 24.3 Å². The molecule has 206 valence electrons. The van der Waals surface area contributed by atoms with Crippen molar-refractivity contribution in [1.29, 1.82) is 0 Å². The van der Waals surface area contributed by atoms with Crippen molar-refractivity contribution in [3.63, 3.8) is 0 Å². The number of aromatic nitrogens is 3. The summed E-state index contributed by atoms with van der Waals surface area (Å²) in [7, 11) is -3.99. The van der Waals surface area contributed by atoms with Crippen molar-refractivity contribution in [3.8, 4) is 0 Å². The number of piperazine rings is 1. The minimum absolute atomic E-state index is 0.0341. The van der Waals surface area contributed by atoms with Gasteiger partial charge in [-0.1, -0.05) is 5.16 Å². The van der Waals surface area contributed by atoms with E-state index in [1.807, 2.05) is 9.80 Å². The van der Waals surface area contributed by atoms with Gasteiger partial charge in [0.25, 0.3) is 0 Å². The van der Waals surface area contributed by atoms with E-state index < -0.39 is 21.7 Å². The molecule has 1 aromatic carbocycles. The molecule has 2 aromatic heterocycles. The summed E-state index contributed by atoms with van der Waals surface area (Å²) in [6, 6.07) is 4.85. The average Bonchev–Trinajstić information content (AvgIpc) is 3.33. The molecule has 0 spiro atoms. The Kier molecular flexibility index (Phi) is 7.71. The average molecular weight is 559 g/mol. The Morgan fingerprint density at radius 1 is 1.03 bits per heavy atom. The second-order valence-electron chi connectivity index (χ2n) is 9.50. The predicted molar refractivity (Wildman–Crippen MR) is 139 cm³/mol. The number of nitrogens with zero attached hydrogens (tertiary/aromatic N) is 6. The first kappa shape index (κ1) is 26.9. The van der Waals surface area contributed by atoms with Crippen molar-refractivity contribution in [2.24, 2.45) is 5.92 Å². The van der Waals surface area contributed by atoms with E-state index >= 15 is 0 Å². The highest BCUT2D eigenvalue weighted by atomic mass is 32.2. The Balaban J connectivity index is 1.21. The molecule has 0 aliphatic carbocycles. The van der Waals surface area contributed by atoms with Crippen molar-refractivity contribution < 1.29 is 26.5 Å². The number of halogens is 2. The van der Waals surface area contributed by atoms with E-state index in [0.717, 1.165) is 12.1 Å². The molecule has 2 fully saturated rings. The maximum absolute atomic E-state index is 14.0. The van der Waals surface area contributed by atoms with Crippen molar-refractivity contribution in [2.45, 2.75) is 24.7 Å². The summed E-state index contributed by atoms with van der Waals surface area (Å²) in [6.07, 6.45) is 6.79. The van der Waals surface area contributed by atoms with Gasteiger partial charge in [-0.05, 0) is 50.1 Å². The number of anilines is 1. The lowest BCUT2D eigenvalue weighted by atomic mass is 9.96. The first-order valence-corrected chi connectivity index (χ1v) is 14.1. The molecule has 2 aliphatic heterocycles. The van der Waals surface area contributed by atoms with Gasteiger partial charge in [-0.25, -0.2) is 27.2 Å². The lowest BCUT2D eigenvalue weighted by Gasteiger charge is -2.38. The molecule has 0 saturated carbocycles. The first-order chi connectivity index (χ1) is 18.7. The Morgan fingerprint density at radius 3 is 2.38 bits per heavy atom. The molecule has 1 amide bonds. The summed E-state index contributed by atoms with van der Waals surface area (Å²) in [5.41, 5.74) is 0.248. The second kappa shape index (κ2) is 11.2. The number of sulfonamides is 1. The van der Waals surface area contributed by atoms with Crippen molar-refractivity contribution in [2.75, 3.05) is 44.2 Å². The minimum Gasteiger partial charge on any atom is -0.355 e. The van der Waals surface area contributed by atoms with Crippen LogP contribution in [-0.2, 0) is 14.8 Å². The van der Waals surface area contributed by atoms with Crippen molar-refractivity contribution >= 4 is 34.0 Å². The summed E-state index contributed by atoms with van der Waals surface area (Å²) < 4.78 is 60.8. The number of hydrogen-bond donors (Lipinski definition) is 0. The molecule has 10 nitrogen and oxygen atoms in total. The van der Waals surface area contributed by atoms with E-state index in [2.05, 4.69) is 15.1 Å². The largest absolute Gasteiger partial charge is 0.355 e. The monoisotopic (exact) mass is 558 g/mol. The van der Waals surface area contributed by atoms with E-state index in [4.69, 9.17) is 4.52 Å². The van der Waals surface area contributed by atoms with Gasteiger partial charge in [-0.15, -0.1) is 0 Å². The van der Waals surface area contributed by atoms with Crippen LogP contribution in [-0.4, -0.2) is 77.9 Å². The fraction of sp³-hybridized carbons (Fsp3) is 0.385. The third kappa shape index (κ3) is 5.69. The van der Waals surface area contributed by atoms with Crippen LogP contribution in [0.2, 0.25) is 0 Å². The van der Waals surface area contributed by atoms with Gasteiger partial charge in [-0.3, -0.25) is 4.79 Å². The third-order valence-corrected chi connectivity index (χ3v) is 9.09. The molecule has 2 saturated heterocycles. The van der Waals surface area contributed by atoms with Gasteiger partial charge in [0, 0.05) is 69.2 Å². The van der Waals surface area contributed by atoms with E-state index in [0.29, 0.717) is 45.0 Å². The summed E-state index contributed by atoms with van der Waals surface area (Å²) in [4.78, 5) is 25.5. The van der Waals surface area contributed by atoms with Gasteiger partial charge in [0.2, 0.25) is 21.9 Å². The SMILES string of the molecule is Cc1noc(/C=C/c2ccc(F)cc2F)c1S(=O)(=O)N1CCC(C(=O)N2CCN(c3ncccn3)CC2)CC1. The summed E-state index contributed by atoms with van der Waals surface area (Å²) in [5.74, 6) is -1.13. The molecule has 0 bridgehead atoms. The van der Waals surface area contributed by atoms with E-state index in [1.165, 1.54) is 29.4 Å². The fourth-order valence-electron chi connectivity index (χ4n) is 4.91. The number of aryl methyl sites for hydroxylation is 1. The highest BCUT2D eigenvalue weighted by Crippen LogP contribution is 2.30. The standard InChI is InChI=1S/C26H28F2N6O4S/c1-18-24(23(38-31-18)6-4-19-3-5-21(27)17-22(19)28)39(36,37)34-11-7-20(8-12-34)25(35)32-13-15-33(16-14-32)26-29-9-2-10-30-26/h2-6,9-10,17,20H,7-8,11-16H2,1H3/b6-4+. The van der Waals surface area contributed by atoms with E-state index in [-0.39, 0.29) is 46.8 Å². The number of carbonyl (C=O) groups is 1. The first-order valence-electron chi connectivity index (χ1n) is 12.6. The van der Waals surface area contributed by atoms with Gasteiger partial charge < -0.3 is 14.3 Å². The zero-order valence-electron chi connectivity index (χ0n) is 21.3. The molecule has 13 heteroatoms. The van der Waals surface area contributed by atoms with Crippen LogP contribution in [0.4, 0.5) is 14.7 Å². The van der Waals surface area contributed by atoms with Gasteiger partial charge in [0.1, 0.15) is 17.3 Å². The normalized spacial score (nSPS) is 17.7. The zero-order chi connectivity index (χ0) is 27.6. The molecule has 39 heavy (non-hydrogen) atoms. The maximum Gasteiger partial charge on any atom is 0.248 e. The quantitative estimate of drug-likeness (QED) is 0.454. The maximum atomic E-state index is 14.0. The molecule has 3 aromatic rings. The highest BCUT2D eigenvalue weighted by molar-refractivity contribution is 7.89. The topological polar surface area (TPSA) is 113 Å². The van der Waals surface area contributed by atoms with Gasteiger partial charge in [-0.2, -0.15) is 4.31 Å².